The van der Waals surface area contributed by atoms with Crippen molar-refractivity contribution in [1.82, 2.24) is 10.2 Å². The number of amides is 2. The van der Waals surface area contributed by atoms with Gasteiger partial charge in [0.15, 0.2) is 0 Å². The molecule has 0 bridgehead atoms. The number of rotatable bonds is 9. The lowest BCUT2D eigenvalue weighted by molar-refractivity contribution is -0.139. The van der Waals surface area contributed by atoms with Gasteiger partial charge in [0.25, 0.3) is 0 Å². The molecule has 0 saturated carbocycles. The summed E-state index contributed by atoms with van der Waals surface area (Å²) in [4.78, 5) is 27.4. The summed E-state index contributed by atoms with van der Waals surface area (Å²) in [7, 11) is -3.74. The molecule has 174 valence electrons. The minimum absolute atomic E-state index is 0.168. The van der Waals surface area contributed by atoms with E-state index in [9.17, 15) is 18.0 Å². The Morgan fingerprint density at radius 3 is 2.38 bits per heavy atom. The molecular weight excluding hydrogens is 494 g/mol. The zero-order valence-electron chi connectivity index (χ0n) is 19.1. The lowest BCUT2D eigenvalue weighted by Crippen LogP contribution is -2.51. The van der Waals surface area contributed by atoms with Crippen LogP contribution in [0.1, 0.15) is 30.5 Å². The number of halogens is 1. The predicted octanol–water partition coefficient (Wildman–Crippen LogP) is 3.39. The highest BCUT2D eigenvalue weighted by Crippen LogP contribution is 2.24. The van der Waals surface area contributed by atoms with Crippen LogP contribution in [0.4, 0.5) is 5.69 Å². The highest BCUT2D eigenvalue weighted by atomic mass is 79.9. The molecule has 9 heteroatoms. The highest BCUT2D eigenvalue weighted by molar-refractivity contribution is 9.10. The van der Waals surface area contributed by atoms with Crippen molar-refractivity contribution >= 4 is 43.5 Å². The van der Waals surface area contributed by atoms with Gasteiger partial charge in [0, 0.05) is 17.6 Å². The van der Waals surface area contributed by atoms with Crippen LogP contribution in [0, 0.1) is 13.8 Å². The van der Waals surface area contributed by atoms with Gasteiger partial charge in [0.2, 0.25) is 21.8 Å². The van der Waals surface area contributed by atoms with Crippen LogP contribution in [0.3, 0.4) is 0 Å². The van der Waals surface area contributed by atoms with Crippen molar-refractivity contribution in [2.75, 3.05) is 23.7 Å². The molecule has 0 spiro atoms. The van der Waals surface area contributed by atoms with E-state index in [1.165, 1.54) is 4.90 Å². The van der Waals surface area contributed by atoms with E-state index >= 15 is 0 Å². The summed E-state index contributed by atoms with van der Waals surface area (Å²) in [5.41, 5.74) is 3.01. The summed E-state index contributed by atoms with van der Waals surface area (Å²) in [5.74, 6) is -0.762. The first-order valence-electron chi connectivity index (χ1n) is 10.3. The molecule has 0 radical (unpaired) electrons. The van der Waals surface area contributed by atoms with Crippen molar-refractivity contribution in [3.05, 3.63) is 63.6 Å². The summed E-state index contributed by atoms with van der Waals surface area (Å²) in [5, 5.41) is 2.73. The fourth-order valence-electron chi connectivity index (χ4n) is 3.42. The van der Waals surface area contributed by atoms with E-state index < -0.39 is 28.5 Å². The Kier molecular flexibility index (Phi) is 8.86. The number of anilines is 1. The van der Waals surface area contributed by atoms with Crippen molar-refractivity contribution in [3.63, 3.8) is 0 Å². The van der Waals surface area contributed by atoms with Crippen molar-refractivity contribution in [1.29, 1.82) is 0 Å². The maximum atomic E-state index is 13.4. The molecule has 32 heavy (non-hydrogen) atoms. The molecule has 0 fully saturated rings. The van der Waals surface area contributed by atoms with Crippen LogP contribution in [0.2, 0.25) is 0 Å². The molecule has 1 N–H and O–H groups in total. The summed E-state index contributed by atoms with van der Waals surface area (Å²) < 4.78 is 27.2. The first-order chi connectivity index (χ1) is 14.9. The molecular formula is C23H30BrN3O4S. The SMILES string of the molecule is CCNC(=O)C(C)N(Cc1cccc(Br)c1)C(=O)CN(c1ccc(C)cc1C)S(C)(=O)=O. The van der Waals surface area contributed by atoms with Crippen LogP contribution < -0.4 is 9.62 Å². The second kappa shape index (κ2) is 11.0. The van der Waals surface area contributed by atoms with Gasteiger partial charge in [0.1, 0.15) is 12.6 Å². The molecule has 0 aliphatic carbocycles. The van der Waals surface area contributed by atoms with Gasteiger partial charge >= 0.3 is 0 Å². The molecule has 2 rings (SSSR count). The normalized spacial score (nSPS) is 12.2. The average molecular weight is 524 g/mol. The zero-order chi connectivity index (χ0) is 24.1. The van der Waals surface area contributed by atoms with Crippen molar-refractivity contribution in [2.24, 2.45) is 0 Å². The number of hydrogen-bond donors (Lipinski definition) is 1. The van der Waals surface area contributed by atoms with Crippen molar-refractivity contribution in [2.45, 2.75) is 40.3 Å². The van der Waals surface area contributed by atoms with E-state index in [-0.39, 0.29) is 12.5 Å². The van der Waals surface area contributed by atoms with Crippen molar-refractivity contribution < 1.29 is 18.0 Å². The third kappa shape index (κ3) is 6.80. The molecule has 2 amide bonds. The molecule has 0 aliphatic heterocycles. The topological polar surface area (TPSA) is 86.8 Å². The molecule has 0 aromatic heterocycles. The summed E-state index contributed by atoms with van der Waals surface area (Å²) in [6.07, 6.45) is 1.07. The van der Waals surface area contributed by atoms with Crippen LogP contribution in [0.15, 0.2) is 46.9 Å². The van der Waals surface area contributed by atoms with Gasteiger partial charge in [-0.3, -0.25) is 13.9 Å². The van der Waals surface area contributed by atoms with Gasteiger partial charge in [-0.2, -0.15) is 0 Å². The van der Waals surface area contributed by atoms with Crippen LogP contribution in [-0.2, 0) is 26.2 Å². The van der Waals surface area contributed by atoms with E-state index in [2.05, 4.69) is 21.2 Å². The molecule has 0 saturated heterocycles. The Labute approximate surface area is 199 Å². The highest BCUT2D eigenvalue weighted by Gasteiger charge is 2.30. The zero-order valence-corrected chi connectivity index (χ0v) is 21.5. The van der Waals surface area contributed by atoms with Crippen LogP contribution in [-0.4, -0.2) is 50.5 Å². The number of nitrogens with zero attached hydrogens (tertiary/aromatic N) is 2. The standard InChI is InChI=1S/C23H30BrN3O4S/c1-6-25-23(29)18(4)26(14-19-8-7-9-20(24)13-19)22(28)15-27(32(5,30)31)21-11-10-16(2)12-17(21)3/h7-13,18H,6,14-15H2,1-5H3,(H,25,29). The van der Waals surface area contributed by atoms with E-state index in [1.807, 2.05) is 50.2 Å². The third-order valence-electron chi connectivity index (χ3n) is 5.06. The Hall–Kier alpha value is -2.39. The van der Waals surface area contributed by atoms with Crippen LogP contribution in [0.25, 0.3) is 0 Å². The number of carbonyl (C=O) groups is 2. The Morgan fingerprint density at radius 1 is 1.12 bits per heavy atom. The molecule has 7 nitrogen and oxygen atoms in total. The summed E-state index contributed by atoms with van der Waals surface area (Å²) >= 11 is 3.42. The lowest BCUT2D eigenvalue weighted by Gasteiger charge is -2.32. The maximum absolute atomic E-state index is 13.4. The minimum Gasteiger partial charge on any atom is -0.355 e. The van der Waals surface area contributed by atoms with E-state index in [1.54, 1.807) is 19.9 Å². The van der Waals surface area contributed by atoms with Crippen LogP contribution in [0.5, 0.6) is 0 Å². The second-order valence-electron chi connectivity index (χ2n) is 7.78. The summed E-state index contributed by atoms with van der Waals surface area (Å²) in [6, 6.07) is 12.0. The quantitative estimate of drug-likeness (QED) is 0.545. The largest absolute Gasteiger partial charge is 0.355 e. The monoisotopic (exact) mass is 523 g/mol. The molecule has 0 aliphatic rings. The number of likely N-dealkylation sites (N-methyl/N-ethyl adjacent to an activating group) is 1. The van der Waals surface area contributed by atoms with Gasteiger partial charge in [-0.25, -0.2) is 8.42 Å². The Bertz CT molecular complexity index is 1090. The lowest BCUT2D eigenvalue weighted by atomic mass is 10.1. The Morgan fingerprint density at radius 2 is 1.81 bits per heavy atom. The predicted molar refractivity (Wildman–Crippen MR) is 131 cm³/mol. The fourth-order valence-corrected chi connectivity index (χ4v) is 4.77. The molecule has 2 aromatic rings. The number of benzene rings is 2. The van der Waals surface area contributed by atoms with Crippen molar-refractivity contribution in [3.8, 4) is 0 Å². The van der Waals surface area contributed by atoms with E-state index in [4.69, 9.17) is 0 Å². The smallest absolute Gasteiger partial charge is 0.244 e. The van der Waals surface area contributed by atoms with Crippen LogP contribution >= 0.6 is 15.9 Å². The fraction of sp³-hybridized carbons (Fsp3) is 0.391. The summed E-state index contributed by atoms with van der Waals surface area (Å²) in [6.45, 7) is 7.36. The Balaban J connectivity index is 2.42. The molecule has 1 atom stereocenters. The van der Waals surface area contributed by atoms with E-state index in [0.717, 1.165) is 31.7 Å². The molecule has 2 aromatic carbocycles. The number of hydrogen-bond acceptors (Lipinski definition) is 4. The first kappa shape index (κ1) is 25.9. The minimum atomic E-state index is -3.74. The molecule has 1 unspecified atom stereocenters. The van der Waals surface area contributed by atoms with Gasteiger partial charge in [-0.05, 0) is 57.0 Å². The van der Waals surface area contributed by atoms with E-state index in [0.29, 0.717) is 12.2 Å². The molecule has 0 heterocycles. The van der Waals surface area contributed by atoms with Gasteiger partial charge in [0.05, 0.1) is 11.9 Å². The van der Waals surface area contributed by atoms with Gasteiger partial charge in [-0.15, -0.1) is 0 Å². The third-order valence-corrected chi connectivity index (χ3v) is 6.68. The number of sulfonamides is 1. The number of nitrogens with one attached hydrogen (secondary N) is 1. The second-order valence-corrected chi connectivity index (χ2v) is 10.6. The number of carbonyl (C=O) groups excluding carboxylic acids is 2. The maximum Gasteiger partial charge on any atom is 0.244 e. The first-order valence-corrected chi connectivity index (χ1v) is 12.9. The van der Waals surface area contributed by atoms with Gasteiger partial charge < -0.3 is 10.2 Å². The number of aryl methyl sites for hydroxylation is 2. The average Bonchev–Trinajstić information content (AvgIpc) is 2.69. The van der Waals surface area contributed by atoms with Gasteiger partial charge in [-0.1, -0.05) is 45.8 Å².